The zero-order chi connectivity index (χ0) is 21.4. The number of alkyl halides is 2. The van der Waals surface area contributed by atoms with Crippen LogP contribution in [0.4, 0.5) is 35.9 Å². The minimum Gasteiger partial charge on any atom is -0.379 e. The van der Waals surface area contributed by atoms with Crippen LogP contribution in [-0.2, 0) is 4.79 Å². The van der Waals surface area contributed by atoms with E-state index in [0.29, 0.717) is 23.6 Å². The highest BCUT2D eigenvalue weighted by Gasteiger charge is 2.26. The number of nitrogens with one attached hydrogen (secondary N) is 3. The molecular weight excluding hydrogens is 395 g/mol. The molecule has 0 aliphatic carbocycles. The summed E-state index contributed by atoms with van der Waals surface area (Å²) in [5, 5.41) is 14.6. The van der Waals surface area contributed by atoms with Gasteiger partial charge in [0.25, 0.3) is 6.43 Å². The second-order valence-corrected chi connectivity index (χ2v) is 7.62. The molecule has 2 aliphatic rings. The maximum Gasteiger partial charge on any atom is 0.264 e. The van der Waals surface area contributed by atoms with Crippen LogP contribution in [0.1, 0.15) is 36.8 Å². The summed E-state index contributed by atoms with van der Waals surface area (Å²) in [7, 11) is 1.73. The number of carbonyl (C=O) groups excluding carboxylic acids is 1. The number of hydrogen-bond acceptors (Lipinski definition) is 5. The Morgan fingerprint density at radius 1 is 1.27 bits per heavy atom. The number of hydrogen-bond donors (Lipinski definition) is 3. The molecule has 1 unspecified atom stereocenters. The summed E-state index contributed by atoms with van der Waals surface area (Å²) < 4.78 is 42.5. The number of likely N-dealkylation sites (N-methyl/N-ethyl adjacent to an activating group) is 1. The van der Waals surface area contributed by atoms with E-state index in [4.69, 9.17) is 0 Å². The summed E-state index contributed by atoms with van der Waals surface area (Å²) in [4.78, 5) is 12.0. The highest BCUT2D eigenvalue weighted by Crippen LogP contribution is 2.38. The first-order valence-electron chi connectivity index (χ1n) is 9.65. The largest absolute Gasteiger partial charge is 0.379 e. The molecule has 158 valence electrons. The van der Waals surface area contributed by atoms with Crippen molar-refractivity contribution in [1.82, 2.24) is 5.01 Å². The molecule has 0 aromatic heterocycles. The molecule has 2 aromatic carbocycles. The molecule has 6 nitrogen and oxygen atoms in total. The van der Waals surface area contributed by atoms with Crippen LogP contribution < -0.4 is 16.0 Å². The lowest BCUT2D eigenvalue weighted by atomic mass is 9.94. The molecule has 9 heteroatoms. The number of amides is 1. The fourth-order valence-electron chi connectivity index (χ4n) is 3.80. The van der Waals surface area contributed by atoms with Crippen molar-refractivity contribution in [1.29, 1.82) is 0 Å². The third-order valence-electron chi connectivity index (χ3n) is 5.20. The number of fused-ring (bicyclic) bond motifs is 1. The van der Waals surface area contributed by atoms with E-state index in [1.807, 2.05) is 6.92 Å². The van der Waals surface area contributed by atoms with Gasteiger partial charge in [0.1, 0.15) is 5.82 Å². The molecule has 2 heterocycles. The van der Waals surface area contributed by atoms with E-state index in [1.54, 1.807) is 36.5 Å². The van der Waals surface area contributed by atoms with Gasteiger partial charge < -0.3 is 16.0 Å². The highest BCUT2D eigenvalue weighted by atomic mass is 19.3. The molecule has 0 bridgehead atoms. The van der Waals surface area contributed by atoms with E-state index in [9.17, 15) is 18.0 Å². The minimum absolute atomic E-state index is 0.0595. The number of hydrazone groups is 1. The normalized spacial score (nSPS) is 20.6. The molecule has 0 spiro atoms. The Morgan fingerprint density at radius 3 is 2.77 bits per heavy atom. The number of para-hydroxylation sites is 1. The van der Waals surface area contributed by atoms with Crippen molar-refractivity contribution in [3.05, 3.63) is 47.3 Å². The van der Waals surface area contributed by atoms with Gasteiger partial charge in [0.15, 0.2) is 0 Å². The summed E-state index contributed by atoms with van der Waals surface area (Å²) >= 11 is 0. The lowest BCUT2D eigenvalue weighted by Crippen LogP contribution is -2.19. The molecule has 30 heavy (non-hydrogen) atoms. The van der Waals surface area contributed by atoms with Crippen LogP contribution in [0.25, 0.3) is 0 Å². The molecule has 4 rings (SSSR count). The molecule has 2 aromatic rings. The van der Waals surface area contributed by atoms with Crippen molar-refractivity contribution in [3.63, 3.8) is 0 Å². The minimum atomic E-state index is -2.76. The van der Waals surface area contributed by atoms with E-state index in [0.717, 1.165) is 12.1 Å². The Balaban J connectivity index is 1.71. The van der Waals surface area contributed by atoms with Crippen molar-refractivity contribution in [2.45, 2.75) is 31.7 Å². The van der Waals surface area contributed by atoms with Crippen LogP contribution in [0.5, 0.6) is 0 Å². The van der Waals surface area contributed by atoms with Crippen LogP contribution in [0.3, 0.4) is 0 Å². The number of carbonyl (C=O) groups is 1. The Morgan fingerprint density at radius 2 is 2.07 bits per heavy atom. The number of halogens is 3. The lowest BCUT2D eigenvalue weighted by Gasteiger charge is -2.20. The van der Waals surface area contributed by atoms with E-state index < -0.39 is 18.2 Å². The van der Waals surface area contributed by atoms with Gasteiger partial charge in [-0.3, -0.25) is 9.80 Å². The number of benzene rings is 2. The molecule has 0 fully saturated rings. The standard InChI is InChI=1S/C21H22F3N5O/c1-11-6-19(30)28-17-5-3-4-16(20(17)26-11)27-18-8-14(21(23)24)13(7-15(18)22)12-9-25-29(2)10-12/h3-5,7-9,11-12,21,26-27H,6,10H2,1-2H3,(H,28,30)/t11-,12?/m1/s1. The van der Waals surface area contributed by atoms with Crippen molar-refractivity contribution < 1.29 is 18.0 Å². The third-order valence-corrected chi connectivity index (χ3v) is 5.20. The molecule has 3 N–H and O–H groups in total. The first-order valence-corrected chi connectivity index (χ1v) is 9.65. The van der Waals surface area contributed by atoms with Gasteiger partial charge in [-0.15, -0.1) is 0 Å². The Hall–Kier alpha value is -3.23. The topological polar surface area (TPSA) is 68.8 Å². The number of rotatable bonds is 4. The molecule has 2 aliphatic heterocycles. The van der Waals surface area contributed by atoms with Gasteiger partial charge in [-0.2, -0.15) is 5.10 Å². The predicted molar refractivity (Wildman–Crippen MR) is 111 cm³/mol. The summed E-state index contributed by atoms with van der Waals surface area (Å²) in [6.45, 7) is 2.27. The number of nitrogens with zero attached hydrogens (tertiary/aromatic N) is 2. The first-order chi connectivity index (χ1) is 14.3. The molecule has 0 saturated carbocycles. The maximum absolute atomic E-state index is 14.9. The average molecular weight is 417 g/mol. The van der Waals surface area contributed by atoms with Gasteiger partial charge in [-0.05, 0) is 36.8 Å². The molecular formula is C21H22F3N5O. The van der Waals surface area contributed by atoms with Crippen LogP contribution in [0.2, 0.25) is 0 Å². The highest BCUT2D eigenvalue weighted by molar-refractivity contribution is 5.99. The van der Waals surface area contributed by atoms with Gasteiger partial charge in [0.05, 0.1) is 22.7 Å². The third kappa shape index (κ3) is 3.92. The summed E-state index contributed by atoms with van der Waals surface area (Å²) in [6, 6.07) is 7.29. The van der Waals surface area contributed by atoms with Gasteiger partial charge in [0.2, 0.25) is 5.91 Å². The van der Waals surface area contributed by atoms with Crippen LogP contribution >= 0.6 is 0 Å². The Bertz CT molecular complexity index is 1010. The van der Waals surface area contributed by atoms with Crippen LogP contribution in [-0.4, -0.2) is 36.8 Å². The summed E-state index contributed by atoms with van der Waals surface area (Å²) in [5.41, 5.74) is 1.55. The Kier molecular flexibility index (Phi) is 5.27. The van der Waals surface area contributed by atoms with Gasteiger partial charge in [0, 0.05) is 43.8 Å². The van der Waals surface area contributed by atoms with E-state index in [-0.39, 0.29) is 35.2 Å². The van der Waals surface area contributed by atoms with Gasteiger partial charge in [-0.1, -0.05) is 6.07 Å². The fourth-order valence-corrected chi connectivity index (χ4v) is 3.80. The van der Waals surface area contributed by atoms with E-state index in [1.165, 1.54) is 0 Å². The van der Waals surface area contributed by atoms with Gasteiger partial charge in [-0.25, -0.2) is 13.2 Å². The zero-order valence-corrected chi connectivity index (χ0v) is 16.5. The molecule has 1 amide bonds. The smallest absolute Gasteiger partial charge is 0.264 e. The first kappa shape index (κ1) is 20.1. The molecule has 0 saturated heterocycles. The van der Waals surface area contributed by atoms with Crippen LogP contribution in [0, 0.1) is 5.82 Å². The zero-order valence-electron chi connectivity index (χ0n) is 16.5. The Labute approximate surface area is 172 Å². The predicted octanol–water partition coefficient (Wildman–Crippen LogP) is 4.66. The summed E-state index contributed by atoms with van der Waals surface area (Å²) in [6.07, 6.45) is -0.922. The van der Waals surface area contributed by atoms with Crippen molar-refractivity contribution in [2.24, 2.45) is 5.10 Å². The maximum atomic E-state index is 14.9. The van der Waals surface area contributed by atoms with Crippen molar-refractivity contribution >= 4 is 34.9 Å². The molecule has 0 radical (unpaired) electrons. The van der Waals surface area contributed by atoms with E-state index >= 15 is 0 Å². The molecule has 2 atom stereocenters. The quantitative estimate of drug-likeness (QED) is 0.677. The average Bonchev–Trinajstić information content (AvgIpc) is 3.04. The monoisotopic (exact) mass is 417 g/mol. The lowest BCUT2D eigenvalue weighted by molar-refractivity contribution is -0.116. The SMILES string of the molecule is C[C@@H]1CC(=O)Nc2cccc(Nc3cc(C(F)F)c(C4C=NN(C)C4)cc3F)c2N1. The summed E-state index contributed by atoms with van der Waals surface area (Å²) in [5.74, 6) is -1.17. The number of anilines is 4. The van der Waals surface area contributed by atoms with Crippen molar-refractivity contribution in [2.75, 3.05) is 29.5 Å². The second-order valence-electron chi connectivity index (χ2n) is 7.62. The van der Waals surface area contributed by atoms with E-state index in [2.05, 4.69) is 21.1 Å². The van der Waals surface area contributed by atoms with Gasteiger partial charge >= 0.3 is 0 Å². The fraction of sp³-hybridized carbons (Fsp3) is 0.333. The second kappa shape index (κ2) is 7.89. The van der Waals surface area contributed by atoms with Crippen molar-refractivity contribution in [3.8, 4) is 0 Å². The van der Waals surface area contributed by atoms with Crippen LogP contribution in [0.15, 0.2) is 35.4 Å².